The maximum atomic E-state index is 9.86. The van der Waals surface area contributed by atoms with Gasteiger partial charge in [-0.15, -0.1) is 0 Å². The molecule has 0 saturated carbocycles. The van der Waals surface area contributed by atoms with Crippen LogP contribution in [0.5, 0.6) is 0 Å². The van der Waals surface area contributed by atoms with Crippen LogP contribution in [-0.4, -0.2) is 51.2 Å². The third-order valence-corrected chi connectivity index (χ3v) is 6.64. The van der Waals surface area contributed by atoms with E-state index in [1.807, 2.05) is 49.5 Å². The van der Waals surface area contributed by atoms with Crippen LogP contribution in [0.15, 0.2) is 73.6 Å². The third kappa shape index (κ3) is 4.38. The standard InChI is InChI=1S/C29H24N8O/c1-19-27(22-6-4-5-20(14-30)29(22)36-28(19)24-7-2-3-8-33-24)35-25-13-26(37-9-11-38-12-10-37)34-17-23(25)21-15-31-18-32-16-21/h2-8,13,15-18H,9-12H2,1H3,(H,34,35,36). The second-order valence-corrected chi connectivity index (χ2v) is 8.93. The number of rotatable bonds is 5. The summed E-state index contributed by atoms with van der Waals surface area (Å²) in [5.74, 6) is 0.857. The molecule has 0 aliphatic carbocycles. The summed E-state index contributed by atoms with van der Waals surface area (Å²) in [4.78, 5) is 24.9. The Labute approximate surface area is 219 Å². The summed E-state index contributed by atoms with van der Waals surface area (Å²) in [5, 5.41) is 14.4. The molecule has 5 aromatic rings. The molecule has 0 amide bonds. The number of aromatic nitrogens is 5. The first-order valence-electron chi connectivity index (χ1n) is 12.3. The van der Waals surface area contributed by atoms with Gasteiger partial charge in [0.15, 0.2) is 0 Å². The summed E-state index contributed by atoms with van der Waals surface area (Å²) in [6, 6.07) is 15.7. The summed E-state index contributed by atoms with van der Waals surface area (Å²) in [7, 11) is 0. The topological polar surface area (TPSA) is 113 Å². The van der Waals surface area contributed by atoms with Crippen LogP contribution in [0.25, 0.3) is 33.4 Å². The second-order valence-electron chi connectivity index (χ2n) is 8.93. The molecule has 5 heterocycles. The van der Waals surface area contributed by atoms with Gasteiger partial charge in [-0.2, -0.15) is 5.26 Å². The molecule has 1 N–H and O–H groups in total. The second kappa shape index (κ2) is 10.2. The molecule has 1 aliphatic heterocycles. The van der Waals surface area contributed by atoms with Crippen LogP contribution in [-0.2, 0) is 4.74 Å². The van der Waals surface area contributed by atoms with Gasteiger partial charge in [0.25, 0.3) is 0 Å². The van der Waals surface area contributed by atoms with E-state index in [2.05, 4.69) is 31.2 Å². The van der Waals surface area contributed by atoms with E-state index in [4.69, 9.17) is 14.7 Å². The first kappa shape index (κ1) is 23.5. The van der Waals surface area contributed by atoms with Crippen LogP contribution in [0, 0.1) is 18.3 Å². The smallest absolute Gasteiger partial charge is 0.130 e. The maximum Gasteiger partial charge on any atom is 0.130 e. The zero-order valence-electron chi connectivity index (χ0n) is 20.8. The van der Waals surface area contributed by atoms with Gasteiger partial charge in [0.05, 0.1) is 47.1 Å². The van der Waals surface area contributed by atoms with Crippen LogP contribution in [0.3, 0.4) is 0 Å². The molecule has 0 atom stereocenters. The van der Waals surface area contributed by atoms with Crippen molar-refractivity contribution in [1.82, 2.24) is 24.9 Å². The van der Waals surface area contributed by atoms with Crippen LogP contribution < -0.4 is 10.2 Å². The van der Waals surface area contributed by atoms with Gasteiger partial charge in [0.1, 0.15) is 18.2 Å². The van der Waals surface area contributed by atoms with Crippen LogP contribution in [0.1, 0.15) is 11.1 Å². The third-order valence-electron chi connectivity index (χ3n) is 6.64. The summed E-state index contributed by atoms with van der Waals surface area (Å²) in [5.41, 5.74) is 6.91. The van der Waals surface area contributed by atoms with E-state index in [1.54, 1.807) is 24.7 Å². The minimum Gasteiger partial charge on any atom is -0.378 e. The van der Waals surface area contributed by atoms with Crippen molar-refractivity contribution in [3.8, 4) is 28.6 Å². The summed E-state index contributed by atoms with van der Waals surface area (Å²) >= 11 is 0. The van der Waals surface area contributed by atoms with Gasteiger partial charge < -0.3 is 15.0 Å². The van der Waals surface area contributed by atoms with Gasteiger partial charge >= 0.3 is 0 Å². The molecule has 0 unspecified atom stereocenters. The van der Waals surface area contributed by atoms with E-state index in [9.17, 15) is 5.26 Å². The van der Waals surface area contributed by atoms with E-state index in [-0.39, 0.29) is 0 Å². The Morgan fingerprint density at radius 2 is 1.84 bits per heavy atom. The van der Waals surface area contributed by atoms with E-state index >= 15 is 0 Å². The lowest BCUT2D eigenvalue weighted by Gasteiger charge is -2.28. The van der Waals surface area contributed by atoms with Gasteiger partial charge in [0.2, 0.25) is 0 Å². The van der Waals surface area contributed by atoms with E-state index in [1.165, 1.54) is 6.33 Å². The number of hydrogen-bond acceptors (Lipinski definition) is 9. The van der Waals surface area contributed by atoms with Crippen molar-refractivity contribution in [2.45, 2.75) is 6.92 Å². The predicted molar refractivity (Wildman–Crippen MR) is 146 cm³/mol. The number of ether oxygens (including phenoxy) is 1. The number of benzene rings is 1. The number of morpholine rings is 1. The molecule has 9 heteroatoms. The Balaban J connectivity index is 1.56. The molecule has 1 saturated heterocycles. The van der Waals surface area contributed by atoms with Crippen molar-refractivity contribution in [2.75, 3.05) is 36.5 Å². The van der Waals surface area contributed by atoms with Gasteiger partial charge in [-0.25, -0.2) is 19.9 Å². The minimum atomic E-state index is 0.503. The average molecular weight is 501 g/mol. The first-order valence-corrected chi connectivity index (χ1v) is 12.3. The number of anilines is 3. The molecule has 0 bridgehead atoms. The number of nitrogens with one attached hydrogen (secondary N) is 1. The average Bonchev–Trinajstić information content (AvgIpc) is 2.99. The Morgan fingerprint density at radius 3 is 2.61 bits per heavy atom. The normalized spacial score (nSPS) is 13.3. The van der Waals surface area contributed by atoms with Gasteiger partial charge in [-0.1, -0.05) is 18.2 Å². The number of hydrogen-bond donors (Lipinski definition) is 1. The maximum absolute atomic E-state index is 9.86. The van der Waals surface area contributed by atoms with Crippen molar-refractivity contribution < 1.29 is 4.74 Å². The summed E-state index contributed by atoms with van der Waals surface area (Å²) in [6.45, 7) is 4.89. The highest BCUT2D eigenvalue weighted by molar-refractivity contribution is 6.01. The molecule has 1 aromatic carbocycles. The highest BCUT2D eigenvalue weighted by atomic mass is 16.5. The Bertz CT molecular complexity index is 1650. The number of fused-ring (bicyclic) bond motifs is 1. The Kier molecular flexibility index (Phi) is 6.30. The number of nitriles is 1. The molecule has 1 fully saturated rings. The van der Waals surface area contributed by atoms with E-state index < -0.39 is 0 Å². The lowest BCUT2D eigenvalue weighted by molar-refractivity contribution is 0.122. The monoisotopic (exact) mass is 500 g/mol. The van der Waals surface area contributed by atoms with Crippen molar-refractivity contribution in [3.63, 3.8) is 0 Å². The summed E-state index contributed by atoms with van der Waals surface area (Å²) in [6.07, 6.45) is 8.65. The van der Waals surface area contributed by atoms with Gasteiger partial charge in [-0.3, -0.25) is 4.98 Å². The number of nitrogens with zero attached hydrogens (tertiary/aromatic N) is 7. The quantitative estimate of drug-likeness (QED) is 0.360. The lowest BCUT2D eigenvalue weighted by atomic mass is 10.0. The number of pyridine rings is 3. The molecule has 4 aromatic heterocycles. The fraction of sp³-hybridized carbons (Fsp3) is 0.172. The highest BCUT2D eigenvalue weighted by Crippen LogP contribution is 2.39. The van der Waals surface area contributed by atoms with Crippen molar-refractivity contribution in [3.05, 3.63) is 84.7 Å². The zero-order valence-corrected chi connectivity index (χ0v) is 20.8. The highest BCUT2D eigenvalue weighted by Gasteiger charge is 2.20. The van der Waals surface area contributed by atoms with Crippen molar-refractivity contribution in [2.24, 2.45) is 0 Å². The fourth-order valence-corrected chi connectivity index (χ4v) is 4.70. The molecule has 38 heavy (non-hydrogen) atoms. The predicted octanol–water partition coefficient (Wildman–Crippen LogP) is 4.91. The molecule has 9 nitrogen and oxygen atoms in total. The van der Waals surface area contributed by atoms with E-state index in [0.717, 1.165) is 63.7 Å². The summed E-state index contributed by atoms with van der Waals surface area (Å²) < 4.78 is 5.54. The largest absolute Gasteiger partial charge is 0.378 e. The Morgan fingerprint density at radius 1 is 1.00 bits per heavy atom. The Hall–Kier alpha value is -4.94. The van der Waals surface area contributed by atoms with Crippen LogP contribution in [0.2, 0.25) is 0 Å². The van der Waals surface area contributed by atoms with Crippen molar-refractivity contribution >= 4 is 28.1 Å². The fourth-order valence-electron chi connectivity index (χ4n) is 4.70. The SMILES string of the molecule is Cc1c(-c2ccccn2)nc2c(C#N)cccc2c1Nc1cc(N2CCOCC2)ncc1-c1cncnc1. The molecular weight excluding hydrogens is 476 g/mol. The molecule has 1 aliphatic rings. The lowest BCUT2D eigenvalue weighted by Crippen LogP contribution is -2.36. The molecular formula is C29H24N8O. The molecule has 0 radical (unpaired) electrons. The van der Waals surface area contributed by atoms with Crippen molar-refractivity contribution in [1.29, 1.82) is 5.26 Å². The zero-order chi connectivity index (χ0) is 25.9. The molecule has 6 rings (SSSR count). The molecule has 186 valence electrons. The minimum absolute atomic E-state index is 0.503. The van der Waals surface area contributed by atoms with Crippen LogP contribution >= 0.6 is 0 Å². The van der Waals surface area contributed by atoms with Gasteiger partial charge in [-0.05, 0) is 25.1 Å². The number of para-hydroxylation sites is 1. The van der Waals surface area contributed by atoms with Gasteiger partial charge in [0, 0.05) is 66.0 Å². The van der Waals surface area contributed by atoms with Crippen LogP contribution in [0.4, 0.5) is 17.2 Å². The van der Waals surface area contributed by atoms with E-state index in [0.29, 0.717) is 24.3 Å². The first-order chi connectivity index (χ1) is 18.7. The molecule has 0 spiro atoms.